The number of carbonyl (C=O) groups is 2. The molecule has 0 fully saturated rings. The van der Waals surface area contributed by atoms with Gasteiger partial charge in [0.05, 0.1) is 12.6 Å². The second-order valence-corrected chi connectivity index (χ2v) is 7.67. The van der Waals surface area contributed by atoms with E-state index in [-0.39, 0.29) is 24.4 Å². The molecule has 0 N–H and O–H groups in total. The van der Waals surface area contributed by atoms with Crippen molar-refractivity contribution in [3.05, 3.63) is 70.8 Å². The maximum absolute atomic E-state index is 12.9. The number of carbonyl (C=O) groups excluding carboxylic acids is 2. The van der Waals surface area contributed by atoms with E-state index in [0.29, 0.717) is 12.1 Å². The fourth-order valence-electron chi connectivity index (χ4n) is 3.89. The zero-order valence-electron chi connectivity index (χ0n) is 17.1. The molecule has 1 unspecified atom stereocenters. The Morgan fingerprint density at radius 1 is 1.11 bits per heavy atom. The molecule has 0 spiro atoms. The van der Waals surface area contributed by atoms with Crippen LogP contribution in [0.15, 0.2) is 48.5 Å². The lowest BCUT2D eigenvalue weighted by Crippen LogP contribution is -2.45. The van der Waals surface area contributed by atoms with E-state index in [2.05, 4.69) is 26.0 Å². The first-order valence-corrected chi connectivity index (χ1v) is 10.2. The van der Waals surface area contributed by atoms with Crippen LogP contribution in [0, 0.1) is 0 Å². The van der Waals surface area contributed by atoms with Crippen molar-refractivity contribution in [3.8, 4) is 0 Å². The summed E-state index contributed by atoms with van der Waals surface area (Å²) in [6.07, 6.45) is 4.21. The largest absolute Gasteiger partial charge is 0.334 e. The second-order valence-electron chi connectivity index (χ2n) is 7.67. The van der Waals surface area contributed by atoms with Crippen LogP contribution in [0.25, 0.3) is 0 Å². The lowest BCUT2D eigenvalue weighted by Gasteiger charge is -2.36. The van der Waals surface area contributed by atoms with Gasteiger partial charge in [-0.15, -0.1) is 0 Å². The molecule has 2 amide bonds. The number of rotatable bonds is 6. The van der Waals surface area contributed by atoms with Crippen LogP contribution >= 0.6 is 0 Å². The maximum atomic E-state index is 12.9. The SMILES string of the molecule is CCCCc1ccc(C(=O)N(C)CC(=O)N2CCc3ccccc3C2C)cc1. The van der Waals surface area contributed by atoms with Crippen LogP contribution < -0.4 is 0 Å². The third-order valence-corrected chi connectivity index (χ3v) is 5.65. The van der Waals surface area contributed by atoms with Gasteiger partial charge in [-0.3, -0.25) is 9.59 Å². The van der Waals surface area contributed by atoms with Gasteiger partial charge < -0.3 is 9.80 Å². The van der Waals surface area contributed by atoms with E-state index in [1.165, 1.54) is 21.6 Å². The number of benzene rings is 2. The van der Waals surface area contributed by atoms with Gasteiger partial charge in [-0.05, 0) is 55.0 Å². The second kappa shape index (κ2) is 9.05. The third-order valence-electron chi connectivity index (χ3n) is 5.65. The standard InChI is InChI=1S/C24H30N2O2/c1-4-5-8-19-11-13-21(14-12-19)24(28)25(3)17-23(27)26-16-15-20-9-6-7-10-22(20)18(26)2/h6-7,9-14,18H,4-5,8,15-17H2,1-3H3. The molecule has 0 saturated carbocycles. The van der Waals surface area contributed by atoms with Gasteiger partial charge in [0.2, 0.25) is 5.91 Å². The highest BCUT2D eigenvalue weighted by Gasteiger charge is 2.28. The highest BCUT2D eigenvalue weighted by atomic mass is 16.2. The van der Waals surface area contributed by atoms with Crippen molar-refractivity contribution in [2.24, 2.45) is 0 Å². The molecule has 1 aliphatic heterocycles. The number of fused-ring (bicyclic) bond motifs is 1. The molecule has 1 atom stereocenters. The summed E-state index contributed by atoms with van der Waals surface area (Å²) in [4.78, 5) is 29.0. The molecule has 148 valence electrons. The van der Waals surface area contributed by atoms with Crippen molar-refractivity contribution in [1.82, 2.24) is 9.80 Å². The molecule has 0 aromatic heterocycles. The van der Waals surface area contributed by atoms with Gasteiger partial charge in [0.1, 0.15) is 0 Å². The fourth-order valence-corrected chi connectivity index (χ4v) is 3.89. The smallest absolute Gasteiger partial charge is 0.254 e. The zero-order chi connectivity index (χ0) is 20.1. The van der Waals surface area contributed by atoms with E-state index >= 15 is 0 Å². The van der Waals surface area contributed by atoms with E-state index in [0.717, 1.165) is 25.7 Å². The molecular weight excluding hydrogens is 348 g/mol. The van der Waals surface area contributed by atoms with Gasteiger partial charge in [0.15, 0.2) is 0 Å². The van der Waals surface area contributed by atoms with Crippen molar-refractivity contribution in [1.29, 1.82) is 0 Å². The Hall–Kier alpha value is -2.62. The molecule has 4 heteroatoms. The first kappa shape index (κ1) is 20.1. The summed E-state index contributed by atoms with van der Waals surface area (Å²) in [7, 11) is 1.70. The molecule has 1 heterocycles. The van der Waals surface area contributed by atoms with Gasteiger partial charge in [0.25, 0.3) is 5.91 Å². The normalized spacial score (nSPS) is 15.8. The Morgan fingerprint density at radius 3 is 2.54 bits per heavy atom. The number of nitrogens with zero attached hydrogens (tertiary/aromatic N) is 2. The van der Waals surface area contributed by atoms with Gasteiger partial charge >= 0.3 is 0 Å². The van der Waals surface area contributed by atoms with E-state index in [1.54, 1.807) is 7.05 Å². The van der Waals surface area contributed by atoms with Crippen molar-refractivity contribution >= 4 is 11.8 Å². The van der Waals surface area contributed by atoms with Gasteiger partial charge in [0, 0.05) is 19.2 Å². The van der Waals surface area contributed by atoms with Gasteiger partial charge in [-0.25, -0.2) is 0 Å². The Bertz CT molecular complexity index is 829. The van der Waals surface area contributed by atoms with Gasteiger partial charge in [-0.1, -0.05) is 49.7 Å². The van der Waals surface area contributed by atoms with Crippen molar-refractivity contribution in [3.63, 3.8) is 0 Å². The quantitative estimate of drug-likeness (QED) is 0.754. The monoisotopic (exact) mass is 378 g/mol. The van der Waals surface area contributed by atoms with Gasteiger partial charge in [-0.2, -0.15) is 0 Å². The lowest BCUT2D eigenvalue weighted by molar-refractivity contribution is -0.134. The van der Waals surface area contributed by atoms with Crippen LogP contribution in [0.4, 0.5) is 0 Å². The first-order chi connectivity index (χ1) is 13.5. The number of amides is 2. The highest BCUT2D eigenvalue weighted by molar-refractivity contribution is 5.96. The predicted molar refractivity (Wildman–Crippen MR) is 112 cm³/mol. The lowest BCUT2D eigenvalue weighted by atomic mass is 9.93. The van der Waals surface area contributed by atoms with Crippen molar-refractivity contribution < 1.29 is 9.59 Å². The molecule has 28 heavy (non-hydrogen) atoms. The number of unbranched alkanes of at least 4 members (excludes halogenated alkanes) is 1. The van der Waals surface area contributed by atoms with Crippen LogP contribution in [-0.4, -0.2) is 41.8 Å². The molecule has 0 aliphatic carbocycles. The Morgan fingerprint density at radius 2 is 1.82 bits per heavy atom. The summed E-state index contributed by atoms with van der Waals surface area (Å²) in [5.74, 6) is -0.113. The maximum Gasteiger partial charge on any atom is 0.254 e. The number of likely N-dealkylation sites (N-methyl/N-ethyl adjacent to an activating group) is 1. The van der Waals surface area contributed by atoms with Crippen LogP contribution in [0.3, 0.4) is 0 Å². The summed E-state index contributed by atoms with van der Waals surface area (Å²) >= 11 is 0. The molecule has 2 aromatic carbocycles. The molecular formula is C24H30N2O2. The average molecular weight is 379 g/mol. The van der Waals surface area contributed by atoms with Crippen LogP contribution in [-0.2, 0) is 17.6 Å². The zero-order valence-corrected chi connectivity index (χ0v) is 17.1. The minimum absolute atomic E-state index is 0.00239. The Kier molecular flexibility index (Phi) is 6.50. The molecule has 0 radical (unpaired) electrons. The van der Waals surface area contributed by atoms with Crippen LogP contribution in [0.5, 0.6) is 0 Å². The summed E-state index contributed by atoms with van der Waals surface area (Å²) in [6, 6.07) is 16.1. The molecule has 1 aliphatic rings. The number of hydrogen-bond donors (Lipinski definition) is 0. The fraction of sp³-hybridized carbons (Fsp3) is 0.417. The third kappa shape index (κ3) is 4.44. The average Bonchev–Trinajstić information content (AvgIpc) is 2.72. The topological polar surface area (TPSA) is 40.6 Å². The van der Waals surface area contributed by atoms with Crippen molar-refractivity contribution in [2.45, 2.75) is 45.6 Å². The van der Waals surface area contributed by atoms with E-state index in [4.69, 9.17) is 0 Å². The molecule has 0 bridgehead atoms. The van der Waals surface area contributed by atoms with E-state index in [1.807, 2.05) is 41.3 Å². The minimum Gasteiger partial charge on any atom is -0.334 e. The Labute approximate surface area is 168 Å². The summed E-state index contributed by atoms with van der Waals surface area (Å²) in [5, 5.41) is 0. The molecule has 3 rings (SSSR count). The highest BCUT2D eigenvalue weighted by Crippen LogP contribution is 2.29. The molecule has 4 nitrogen and oxygen atoms in total. The summed E-state index contributed by atoms with van der Waals surface area (Å²) < 4.78 is 0. The predicted octanol–water partition coefficient (Wildman–Crippen LogP) is 4.25. The molecule has 0 saturated heterocycles. The van der Waals surface area contributed by atoms with Crippen LogP contribution in [0.1, 0.15) is 59.8 Å². The summed E-state index contributed by atoms with van der Waals surface area (Å²) in [6.45, 7) is 5.03. The number of hydrogen-bond acceptors (Lipinski definition) is 2. The van der Waals surface area contributed by atoms with Crippen molar-refractivity contribution in [2.75, 3.05) is 20.1 Å². The Balaban J connectivity index is 1.61. The number of aryl methyl sites for hydroxylation is 1. The summed E-state index contributed by atoms with van der Waals surface area (Å²) in [5.41, 5.74) is 4.40. The van der Waals surface area contributed by atoms with E-state index in [9.17, 15) is 9.59 Å². The van der Waals surface area contributed by atoms with E-state index < -0.39 is 0 Å². The first-order valence-electron chi connectivity index (χ1n) is 10.2. The van der Waals surface area contributed by atoms with Crippen LogP contribution in [0.2, 0.25) is 0 Å². The molecule has 2 aromatic rings. The minimum atomic E-state index is -0.111.